The Balaban J connectivity index is 1.45. The van der Waals surface area contributed by atoms with Crippen LogP contribution in [0.2, 0.25) is 0 Å². The average molecular weight is 484 g/mol. The van der Waals surface area contributed by atoms with Gasteiger partial charge < -0.3 is 10.1 Å². The molecule has 2 aliphatic rings. The third kappa shape index (κ3) is 4.15. The molecule has 0 bridgehead atoms. The monoisotopic (exact) mass is 484 g/mol. The van der Waals surface area contributed by atoms with Crippen LogP contribution in [0.25, 0.3) is 11.3 Å². The van der Waals surface area contributed by atoms with Crippen LogP contribution in [0.15, 0.2) is 35.4 Å². The smallest absolute Gasteiger partial charge is 0.419 e. The Morgan fingerprint density at radius 2 is 2.00 bits per heavy atom. The molecule has 4 amide bonds. The molecule has 3 heterocycles. The average Bonchev–Trinajstić information content (AvgIpc) is 3.37. The Bertz CT molecular complexity index is 1180. The lowest BCUT2D eigenvalue weighted by atomic mass is 9.93. The van der Waals surface area contributed by atoms with Crippen LogP contribution in [0, 0.1) is 11.7 Å². The molecule has 1 saturated heterocycles. The number of hydrogen-bond donors (Lipinski definition) is 1. The van der Waals surface area contributed by atoms with Crippen molar-refractivity contribution in [1.29, 1.82) is 0 Å². The summed E-state index contributed by atoms with van der Waals surface area (Å²) in [6, 6.07) is 2.00. The van der Waals surface area contributed by atoms with Gasteiger partial charge in [0.15, 0.2) is 11.4 Å². The first-order valence-corrected chi connectivity index (χ1v) is 10.4. The molecule has 13 heteroatoms. The van der Waals surface area contributed by atoms with Crippen LogP contribution in [0.1, 0.15) is 12.0 Å². The van der Waals surface area contributed by atoms with Gasteiger partial charge in [-0.1, -0.05) is 0 Å². The second-order valence-electron chi connectivity index (χ2n) is 7.44. The third-order valence-corrected chi connectivity index (χ3v) is 6.05. The standard InChI is InChI=1S/C20H16F4N4O4S/c1-27-16(30)15-10(7-32-17(15)28(2)19(27)31)6-14(29)26-18-25-13(8-33-18)9-3-4-12(21)11(5-9)20(22,23)24/h3-5,7-8,15,17H,6H2,1-2H3,(H,25,26,29). The van der Waals surface area contributed by atoms with Gasteiger partial charge in [-0.05, 0) is 23.8 Å². The van der Waals surface area contributed by atoms with E-state index in [2.05, 4.69) is 10.3 Å². The highest BCUT2D eigenvalue weighted by molar-refractivity contribution is 7.14. The van der Waals surface area contributed by atoms with Crippen molar-refractivity contribution in [3.05, 3.63) is 46.8 Å². The van der Waals surface area contributed by atoms with Gasteiger partial charge in [-0.3, -0.25) is 19.4 Å². The normalized spacial score (nSPS) is 20.5. The van der Waals surface area contributed by atoms with Crippen LogP contribution in [0.3, 0.4) is 0 Å². The Morgan fingerprint density at radius 1 is 1.27 bits per heavy atom. The van der Waals surface area contributed by atoms with Crippen LogP contribution >= 0.6 is 11.3 Å². The Labute approximate surface area is 188 Å². The molecule has 1 aromatic heterocycles. The highest BCUT2D eigenvalue weighted by Crippen LogP contribution is 2.36. The number of fused-ring (bicyclic) bond motifs is 1. The number of ether oxygens (including phenoxy) is 1. The molecular formula is C20H16F4N4O4S. The van der Waals surface area contributed by atoms with Gasteiger partial charge in [-0.25, -0.2) is 14.2 Å². The van der Waals surface area contributed by atoms with E-state index in [1.165, 1.54) is 30.6 Å². The first kappa shape index (κ1) is 22.7. The van der Waals surface area contributed by atoms with Gasteiger partial charge in [0, 0.05) is 25.0 Å². The number of alkyl halides is 3. The molecule has 174 valence electrons. The quantitative estimate of drug-likeness (QED) is 0.669. The van der Waals surface area contributed by atoms with Crippen molar-refractivity contribution in [1.82, 2.24) is 14.8 Å². The number of benzene rings is 1. The zero-order valence-electron chi connectivity index (χ0n) is 17.1. The van der Waals surface area contributed by atoms with Crippen LogP contribution in [-0.2, 0) is 20.5 Å². The number of hydrogen-bond acceptors (Lipinski definition) is 6. The van der Waals surface area contributed by atoms with Crippen molar-refractivity contribution < 1.29 is 36.7 Å². The van der Waals surface area contributed by atoms with Gasteiger partial charge in [0.1, 0.15) is 11.7 Å². The van der Waals surface area contributed by atoms with E-state index in [9.17, 15) is 31.9 Å². The number of rotatable bonds is 4. The van der Waals surface area contributed by atoms with Gasteiger partial charge in [0.25, 0.3) is 0 Å². The summed E-state index contributed by atoms with van der Waals surface area (Å²) in [6.07, 6.45) is -4.63. The summed E-state index contributed by atoms with van der Waals surface area (Å²) < 4.78 is 57.8. The predicted octanol–water partition coefficient (Wildman–Crippen LogP) is 3.68. The summed E-state index contributed by atoms with van der Waals surface area (Å²) in [5.41, 5.74) is -0.863. The molecule has 0 saturated carbocycles. The minimum absolute atomic E-state index is 0.0405. The van der Waals surface area contributed by atoms with E-state index in [0.717, 1.165) is 22.3 Å². The van der Waals surface area contributed by atoms with Crippen molar-refractivity contribution in [2.75, 3.05) is 19.4 Å². The minimum Gasteiger partial charge on any atom is -0.477 e. The molecule has 1 aromatic carbocycles. The number of nitrogens with one attached hydrogen (secondary N) is 1. The molecule has 8 nitrogen and oxygen atoms in total. The molecule has 4 rings (SSSR count). The van der Waals surface area contributed by atoms with Gasteiger partial charge in [0.05, 0.1) is 23.9 Å². The van der Waals surface area contributed by atoms with Crippen LogP contribution < -0.4 is 5.32 Å². The molecule has 2 atom stereocenters. The number of carbonyl (C=O) groups excluding carboxylic acids is 3. The molecule has 2 unspecified atom stereocenters. The number of imide groups is 1. The van der Waals surface area contributed by atoms with Crippen LogP contribution in [-0.4, -0.2) is 53.0 Å². The fourth-order valence-corrected chi connectivity index (χ4v) is 4.34. The van der Waals surface area contributed by atoms with E-state index >= 15 is 0 Å². The molecule has 33 heavy (non-hydrogen) atoms. The topological polar surface area (TPSA) is 91.8 Å². The van der Waals surface area contributed by atoms with Crippen molar-refractivity contribution in [3.63, 3.8) is 0 Å². The molecule has 2 aromatic rings. The SMILES string of the molecule is CN1C(=O)C2C(CC(=O)Nc3nc(-c4ccc(F)c(C(F)(F)F)c4)cs3)=COC2N(C)C1=O. The fraction of sp³-hybridized carbons (Fsp3) is 0.300. The second kappa shape index (κ2) is 8.14. The lowest BCUT2D eigenvalue weighted by Crippen LogP contribution is -2.58. The Kier molecular flexibility index (Phi) is 5.60. The molecular weight excluding hydrogens is 468 g/mol. The van der Waals surface area contributed by atoms with E-state index in [1.807, 2.05) is 0 Å². The van der Waals surface area contributed by atoms with E-state index in [-0.39, 0.29) is 22.8 Å². The number of carbonyl (C=O) groups is 3. The van der Waals surface area contributed by atoms with E-state index in [1.54, 1.807) is 0 Å². The lowest BCUT2D eigenvalue weighted by Gasteiger charge is -2.37. The fourth-order valence-electron chi connectivity index (χ4n) is 3.60. The van der Waals surface area contributed by atoms with E-state index < -0.39 is 47.5 Å². The minimum atomic E-state index is -4.86. The molecule has 2 aliphatic heterocycles. The maximum Gasteiger partial charge on any atom is 0.419 e. The zero-order valence-corrected chi connectivity index (χ0v) is 18.0. The third-order valence-electron chi connectivity index (χ3n) is 5.29. The summed E-state index contributed by atoms with van der Waals surface area (Å²) in [7, 11) is 2.82. The van der Waals surface area contributed by atoms with Crippen molar-refractivity contribution in [2.24, 2.45) is 5.92 Å². The number of halogens is 4. The Hall–Kier alpha value is -3.48. The maximum atomic E-state index is 13.5. The predicted molar refractivity (Wildman–Crippen MR) is 108 cm³/mol. The summed E-state index contributed by atoms with van der Waals surface area (Å²) >= 11 is 0.976. The zero-order chi connectivity index (χ0) is 24.1. The molecule has 0 aliphatic carbocycles. The van der Waals surface area contributed by atoms with E-state index in [0.29, 0.717) is 17.7 Å². The van der Waals surface area contributed by atoms with Gasteiger partial charge >= 0.3 is 12.2 Å². The lowest BCUT2D eigenvalue weighted by molar-refractivity contribution is -0.141. The number of urea groups is 1. The van der Waals surface area contributed by atoms with Crippen molar-refractivity contribution >= 4 is 34.3 Å². The molecule has 0 spiro atoms. The largest absolute Gasteiger partial charge is 0.477 e. The van der Waals surface area contributed by atoms with Crippen molar-refractivity contribution in [3.8, 4) is 11.3 Å². The summed E-state index contributed by atoms with van der Waals surface area (Å²) in [5, 5.41) is 4.07. The number of nitrogens with zero attached hydrogens (tertiary/aromatic N) is 3. The van der Waals surface area contributed by atoms with Crippen LogP contribution in [0.5, 0.6) is 0 Å². The number of anilines is 1. The first-order chi connectivity index (χ1) is 15.5. The summed E-state index contributed by atoms with van der Waals surface area (Å²) in [5.74, 6) is -3.24. The Morgan fingerprint density at radius 3 is 2.70 bits per heavy atom. The molecule has 1 N–H and O–H groups in total. The second-order valence-corrected chi connectivity index (χ2v) is 8.30. The van der Waals surface area contributed by atoms with E-state index in [4.69, 9.17) is 4.74 Å². The molecule has 1 fully saturated rings. The highest BCUT2D eigenvalue weighted by atomic mass is 32.1. The summed E-state index contributed by atoms with van der Waals surface area (Å²) in [6.45, 7) is 0. The highest BCUT2D eigenvalue weighted by Gasteiger charge is 2.49. The maximum absolute atomic E-state index is 13.5. The molecule has 0 radical (unpaired) electrons. The number of aromatic nitrogens is 1. The van der Waals surface area contributed by atoms with Gasteiger partial charge in [-0.15, -0.1) is 11.3 Å². The number of amides is 4. The summed E-state index contributed by atoms with van der Waals surface area (Å²) in [4.78, 5) is 43.3. The van der Waals surface area contributed by atoms with Gasteiger partial charge in [0.2, 0.25) is 11.8 Å². The van der Waals surface area contributed by atoms with Crippen LogP contribution in [0.4, 0.5) is 27.5 Å². The number of thiazole rings is 1. The van der Waals surface area contributed by atoms with Gasteiger partial charge in [-0.2, -0.15) is 13.2 Å². The van der Waals surface area contributed by atoms with Crippen molar-refractivity contribution in [2.45, 2.75) is 18.8 Å². The first-order valence-electron chi connectivity index (χ1n) is 9.48.